The Balaban J connectivity index is 1.74. The van der Waals surface area contributed by atoms with Crippen molar-refractivity contribution < 1.29 is 31.9 Å². The Morgan fingerprint density at radius 1 is 1.13 bits per heavy atom. The van der Waals surface area contributed by atoms with Gasteiger partial charge >= 0.3 is 6.18 Å². The molecule has 2 heterocycles. The molecule has 39 heavy (non-hydrogen) atoms. The van der Waals surface area contributed by atoms with Gasteiger partial charge in [-0.1, -0.05) is 30.8 Å². The van der Waals surface area contributed by atoms with Crippen molar-refractivity contribution >= 4 is 28.8 Å². The number of rotatable bonds is 8. The van der Waals surface area contributed by atoms with E-state index >= 15 is 0 Å². The summed E-state index contributed by atoms with van der Waals surface area (Å²) in [7, 11) is 1.36. The summed E-state index contributed by atoms with van der Waals surface area (Å²) < 4.78 is 57.1. The molecule has 2 amide bonds. The fourth-order valence-corrected chi connectivity index (χ4v) is 3.79. The van der Waals surface area contributed by atoms with Gasteiger partial charge in [0.2, 0.25) is 5.91 Å². The van der Waals surface area contributed by atoms with E-state index in [1.165, 1.54) is 18.1 Å². The Bertz CT molecular complexity index is 1570. The molecule has 0 atom stereocenters. The Labute approximate surface area is 218 Å². The highest BCUT2D eigenvalue weighted by Crippen LogP contribution is 2.39. The van der Waals surface area contributed by atoms with Crippen LogP contribution in [0.5, 0.6) is 5.75 Å². The van der Waals surface area contributed by atoms with E-state index < -0.39 is 30.4 Å². The molecule has 14 heteroatoms. The molecule has 0 spiro atoms. The van der Waals surface area contributed by atoms with Crippen molar-refractivity contribution in [2.24, 2.45) is 0 Å². The number of nitrogens with one attached hydrogen (secondary N) is 2. The molecule has 4 N–H and O–H groups in total. The lowest BCUT2D eigenvalue weighted by Gasteiger charge is -2.13. The van der Waals surface area contributed by atoms with E-state index in [-0.39, 0.29) is 18.0 Å². The zero-order chi connectivity index (χ0) is 28.3. The molecule has 4 rings (SSSR count). The molecule has 0 radical (unpaired) electrons. The number of halogens is 4. The minimum atomic E-state index is -4.53. The van der Waals surface area contributed by atoms with Gasteiger partial charge in [0.05, 0.1) is 13.5 Å². The zero-order valence-electron chi connectivity index (χ0n) is 20.3. The van der Waals surface area contributed by atoms with Crippen LogP contribution in [0.3, 0.4) is 0 Å². The first-order valence-electron chi connectivity index (χ1n) is 11.2. The first-order valence-corrected chi connectivity index (χ1v) is 11.2. The number of aromatic nitrogens is 4. The van der Waals surface area contributed by atoms with Crippen molar-refractivity contribution in [2.75, 3.05) is 24.7 Å². The van der Waals surface area contributed by atoms with E-state index in [1.807, 2.05) is 5.32 Å². The highest BCUT2D eigenvalue weighted by molar-refractivity contribution is 6.02. The fourth-order valence-electron chi connectivity index (χ4n) is 3.79. The molecule has 0 saturated carbocycles. The Morgan fingerprint density at radius 3 is 2.46 bits per heavy atom. The number of nitrogens with two attached hydrogens (primary N) is 1. The molecule has 0 bridgehead atoms. The van der Waals surface area contributed by atoms with Crippen LogP contribution in [0.25, 0.3) is 27.9 Å². The largest absolute Gasteiger partial charge is 0.496 e. The minimum Gasteiger partial charge on any atom is -0.496 e. The molecule has 0 aliphatic heterocycles. The van der Waals surface area contributed by atoms with Gasteiger partial charge in [0.15, 0.2) is 11.6 Å². The number of benzene rings is 2. The minimum absolute atomic E-state index is 0.124. The average molecular weight is 543 g/mol. The van der Waals surface area contributed by atoms with E-state index in [9.17, 15) is 27.2 Å². The smallest absolute Gasteiger partial charge is 0.405 e. The van der Waals surface area contributed by atoms with Crippen LogP contribution in [0, 0.1) is 0 Å². The molecule has 0 fully saturated rings. The Morgan fingerprint density at radius 2 is 1.82 bits per heavy atom. The van der Waals surface area contributed by atoms with Gasteiger partial charge in [0.25, 0.3) is 5.91 Å². The summed E-state index contributed by atoms with van der Waals surface area (Å²) in [5, 5.41) is 12.8. The number of nitrogens with zero attached hydrogens (tertiary/aromatic N) is 4. The summed E-state index contributed by atoms with van der Waals surface area (Å²) in [6.45, 7) is 1.51. The van der Waals surface area contributed by atoms with Gasteiger partial charge in [-0.3, -0.25) is 9.59 Å². The van der Waals surface area contributed by atoms with Crippen LogP contribution in [0.1, 0.15) is 5.56 Å². The number of alkyl halides is 3. The molecule has 2 aromatic heterocycles. The second-order valence-electron chi connectivity index (χ2n) is 8.24. The van der Waals surface area contributed by atoms with Crippen LogP contribution >= 0.6 is 0 Å². The van der Waals surface area contributed by atoms with Crippen LogP contribution in [-0.4, -0.2) is 51.5 Å². The number of carbonyl (C=O) groups is 2. The number of amides is 2. The molecule has 202 valence electrons. The lowest BCUT2D eigenvalue weighted by Crippen LogP contribution is -2.34. The van der Waals surface area contributed by atoms with Crippen molar-refractivity contribution in [3.8, 4) is 28.1 Å². The van der Waals surface area contributed by atoms with Gasteiger partial charge in [-0.25, -0.2) is 9.37 Å². The second kappa shape index (κ2) is 10.8. The van der Waals surface area contributed by atoms with E-state index in [0.29, 0.717) is 39.2 Å². The van der Waals surface area contributed by atoms with Crippen LogP contribution in [-0.2, 0) is 16.0 Å². The van der Waals surface area contributed by atoms with Crippen LogP contribution < -0.4 is 21.1 Å². The van der Waals surface area contributed by atoms with E-state index in [1.54, 1.807) is 42.5 Å². The number of nitrogen functional groups attached to an aromatic ring is 1. The van der Waals surface area contributed by atoms with Crippen molar-refractivity contribution in [1.29, 1.82) is 0 Å². The summed E-state index contributed by atoms with van der Waals surface area (Å²) in [5.74, 6) is -2.56. The first-order chi connectivity index (χ1) is 18.5. The van der Waals surface area contributed by atoms with Gasteiger partial charge in [0, 0.05) is 22.4 Å². The second-order valence-corrected chi connectivity index (χ2v) is 8.24. The van der Waals surface area contributed by atoms with E-state index in [0.717, 1.165) is 0 Å². The standard InChI is InChI=1S/C25H21F4N7O3/c1-13(26)24(38)34-17-7-5-14(6-8-17)21-20(22-23(30)32-12-33-36(22)35-21)16-4-3-15(18(9-16)39-2)10-19(37)31-11-25(27,28)29/h3-9,12H,1,10-11H2,2H3,(H,31,37)(H,34,38)(H2,30,32,33). The molecule has 10 nitrogen and oxygen atoms in total. The predicted molar refractivity (Wildman–Crippen MR) is 134 cm³/mol. The first kappa shape index (κ1) is 27.0. The molecule has 0 unspecified atom stereocenters. The van der Waals surface area contributed by atoms with Crippen molar-refractivity contribution in [3.63, 3.8) is 0 Å². The van der Waals surface area contributed by atoms with E-state index in [4.69, 9.17) is 10.5 Å². The Hall–Kier alpha value is -5.01. The Kier molecular flexibility index (Phi) is 7.47. The predicted octanol–water partition coefficient (Wildman–Crippen LogP) is 3.69. The number of hydrogen-bond donors (Lipinski definition) is 3. The third-order valence-corrected chi connectivity index (χ3v) is 5.54. The fraction of sp³-hybridized carbons (Fsp3) is 0.160. The summed E-state index contributed by atoms with van der Waals surface area (Å²) in [6.07, 6.45) is -3.64. The number of fused-ring (bicyclic) bond motifs is 1. The monoisotopic (exact) mass is 543 g/mol. The summed E-state index contributed by atoms with van der Waals surface area (Å²) >= 11 is 0. The van der Waals surface area contributed by atoms with Gasteiger partial charge in [0.1, 0.15) is 29.8 Å². The lowest BCUT2D eigenvalue weighted by atomic mass is 9.97. The molecular weight excluding hydrogens is 522 g/mol. The maximum atomic E-state index is 13.0. The zero-order valence-corrected chi connectivity index (χ0v) is 20.3. The van der Waals surface area contributed by atoms with Crippen molar-refractivity contribution in [3.05, 3.63) is 66.8 Å². The summed E-state index contributed by atoms with van der Waals surface area (Å²) in [5.41, 5.74) is 9.26. The van der Waals surface area contributed by atoms with Crippen molar-refractivity contribution in [2.45, 2.75) is 12.6 Å². The lowest BCUT2D eigenvalue weighted by molar-refractivity contribution is -0.138. The van der Waals surface area contributed by atoms with Gasteiger partial charge in [-0.05, 0) is 23.8 Å². The van der Waals surface area contributed by atoms with Crippen LogP contribution in [0.15, 0.2) is 61.2 Å². The molecule has 0 aliphatic rings. The van der Waals surface area contributed by atoms with Crippen molar-refractivity contribution in [1.82, 2.24) is 25.1 Å². The van der Waals surface area contributed by atoms with Crippen LogP contribution in [0.2, 0.25) is 0 Å². The highest BCUT2D eigenvalue weighted by atomic mass is 19.4. The van der Waals surface area contributed by atoms with Crippen LogP contribution in [0.4, 0.5) is 29.1 Å². The third-order valence-electron chi connectivity index (χ3n) is 5.54. The van der Waals surface area contributed by atoms with E-state index in [2.05, 4.69) is 27.1 Å². The van der Waals surface area contributed by atoms with Gasteiger partial charge < -0.3 is 21.1 Å². The van der Waals surface area contributed by atoms with Gasteiger partial charge in [-0.2, -0.15) is 13.2 Å². The number of hydrogen-bond acceptors (Lipinski definition) is 7. The topological polar surface area (TPSA) is 137 Å². The molecule has 0 saturated heterocycles. The number of methoxy groups -OCH3 is 1. The summed E-state index contributed by atoms with van der Waals surface area (Å²) in [6, 6.07) is 11.2. The maximum Gasteiger partial charge on any atom is 0.405 e. The maximum absolute atomic E-state index is 13.0. The number of carbonyl (C=O) groups excluding carboxylic acids is 2. The molecule has 0 aliphatic carbocycles. The third kappa shape index (κ3) is 6.11. The quantitative estimate of drug-likeness (QED) is 0.228. The number of anilines is 2. The average Bonchev–Trinajstić information content (AvgIpc) is 3.28. The summed E-state index contributed by atoms with van der Waals surface area (Å²) in [4.78, 5) is 27.7. The number of ether oxygens (including phenoxy) is 1. The normalized spacial score (nSPS) is 11.3. The SMILES string of the molecule is C=C(F)C(=O)Nc1ccc(-c2nn3ncnc(N)c3c2-c2ccc(CC(=O)NCC(F)(F)F)c(OC)c2)cc1. The molecule has 4 aromatic rings. The van der Waals surface area contributed by atoms with Gasteiger partial charge in [-0.15, -0.1) is 14.8 Å². The molecular formula is C25H21F4N7O3. The molecule has 2 aromatic carbocycles. The highest BCUT2D eigenvalue weighted by Gasteiger charge is 2.28.